The zero-order valence-electron chi connectivity index (χ0n) is 11.7. The average Bonchev–Trinajstić information content (AvgIpc) is 3.08. The van der Waals surface area contributed by atoms with Gasteiger partial charge in [0.05, 0.1) is 17.9 Å². The lowest BCUT2D eigenvalue weighted by molar-refractivity contribution is 0.181. The summed E-state index contributed by atoms with van der Waals surface area (Å²) in [4.78, 5) is 4.54. The Kier molecular flexibility index (Phi) is 3.57. The second-order valence-electron chi connectivity index (χ2n) is 5.72. The third-order valence-corrected chi connectivity index (χ3v) is 4.15. The minimum absolute atomic E-state index is 0.109. The van der Waals surface area contributed by atoms with E-state index in [-0.39, 0.29) is 5.41 Å². The molecule has 0 spiro atoms. The van der Waals surface area contributed by atoms with Crippen molar-refractivity contribution < 1.29 is 9.63 Å². The molecular weight excluding hydrogens is 252 g/mol. The molecule has 2 aromatic rings. The highest BCUT2D eigenvalue weighted by Crippen LogP contribution is 2.45. The normalized spacial score (nSPS) is 19.1. The van der Waals surface area contributed by atoms with Crippen molar-refractivity contribution in [1.29, 1.82) is 0 Å². The van der Waals surface area contributed by atoms with Crippen LogP contribution in [0, 0.1) is 0 Å². The van der Waals surface area contributed by atoms with Crippen LogP contribution >= 0.6 is 0 Å². The first-order valence-electron chi connectivity index (χ1n) is 7.27. The Balaban J connectivity index is 1.97. The van der Waals surface area contributed by atoms with Gasteiger partial charge in [-0.1, -0.05) is 48.3 Å². The average molecular weight is 272 g/mol. The van der Waals surface area contributed by atoms with Crippen LogP contribution < -0.4 is 0 Å². The largest absolute Gasteiger partial charge is 0.393 e. The van der Waals surface area contributed by atoms with E-state index in [4.69, 9.17) is 4.52 Å². The highest BCUT2D eigenvalue weighted by Gasteiger charge is 2.41. The predicted octanol–water partition coefficient (Wildman–Crippen LogP) is 2.85. The lowest BCUT2D eigenvalue weighted by Gasteiger charge is -2.25. The minimum atomic E-state index is -0.459. The third-order valence-electron chi connectivity index (χ3n) is 4.15. The van der Waals surface area contributed by atoms with Crippen molar-refractivity contribution in [3.05, 3.63) is 47.6 Å². The molecular formula is C16H20N2O2. The lowest BCUT2D eigenvalue weighted by Crippen LogP contribution is -2.25. The molecule has 1 aromatic heterocycles. The number of aliphatic hydroxyl groups excluding tert-OH is 1. The molecule has 106 valence electrons. The van der Waals surface area contributed by atoms with Crippen LogP contribution in [0.1, 0.15) is 49.9 Å². The molecule has 1 atom stereocenters. The molecule has 4 nitrogen and oxygen atoms in total. The summed E-state index contributed by atoms with van der Waals surface area (Å²) in [7, 11) is 0. The zero-order valence-corrected chi connectivity index (χ0v) is 11.7. The molecule has 1 aliphatic rings. The molecule has 20 heavy (non-hydrogen) atoms. The van der Waals surface area contributed by atoms with E-state index in [9.17, 15) is 5.11 Å². The number of benzene rings is 1. The summed E-state index contributed by atoms with van der Waals surface area (Å²) in [6.45, 7) is 1.73. The van der Waals surface area contributed by atoms with E-state index in [2.05, 4.69) is 34.4 Å². The van der Waals surface area contributed by atoms with E-state index in [1.807, 2.05) is 6.07 Å². The fourth-order valence-electron chi connectivity index (χ4n) is 3.16. The van der Waals surface area contributed by atoms with E-state index < -0.39 is 6.10 Å². The van der Waals surface area contributed by atoms with E-state index in [1.165, 1.54) is 18.4 Å². The molecule has 1 fully saturated rings. The molecule has 1 heterocycles. The molecule has 0 bridgehead atoms. The summed E-state index contributed by atoms with van der Waals surface area (Å²) < 4.78 is 5.31. The molecule has 0 aliphatic heterocycles. The van der Waals surface area contributed by atoms with Crippen molar-refractivity contribution in [2.45, 2.75) is 50.5 Å². The summed E-state index contributed by atoms with van der Waals surface area (Å²) in [5, 5.41) is 13.6. The minimum Gasteiger partial charge on any atom is -0.393 e. The van der Waals surface area contributed by atoms with Crippen LogP contribution in [0.15, 0.2) is 34.9 Å². The van der Waals surface area contributed by atoms with Crippen molar-refractivity contribution in [3.8, 4) is 0 Å². The van der Waals surface area contributed by atoms with Gasteiger partial charge in [-0.15, -0.1) is 0 Å². The number of aliphatic hydroxyl groups is 1. The van der Waals surface area contributed by atoms with Gasteiger partial charge in [0, 0.05) is 0 Å². The number of hydrogen-bond donors (Lipinski definition) is 1. The number of hydrogen-bond acceptors (Lipinski definition) is 4. The summed E-state index contributed by atoms with van der Waals surface area (Å²) in [5.74, 6) is 1.30. The van der Waals surface area contributed by atoms with E-state index in [1.54, 1.807) is 6.92 Å². The van der Waals surface area contributed by atoms with Crippen LogP contribution in [-0.4, -0.2) is 21.4 Å². The van der Waals surface area contributed by atoms with Crippen LogP contribution in [0.2, 0.25) is 0 Å². The molecule has 4 heteroatoms. The second-order valence-corrected chi connectivity index (χ2v) is 5.72. The number of nitrogens with zero attached hydrogens (tertiary/aromatic N) is 2. The van der Waals surface area contributed by atoms with Crippen LogP contribution in [0.4, 0.5) is 0 Å². The van der Waals surface area contributed by atoms with Crippen LogP contribution in [-0.2, 0) is 11.8 Å². The first kappa shape index (κ1) is 13.3. The van der Waals surface area contributed by atoms with Gasteiger partial charge in [0.1, 0.15) is 0 Å². The molecule has 1 unspecified atom stereocenters. The second kappa shape index (κ2) is 5.37. The Bertz CT molecular complexity index is 557. The standard InChI is InChI=1S/C16H20N2O2/c1-12(19)11-14-17-15(18-20-14)16(9-5-6-10-16)13-7-3-2-4-8-13/h2-4,7-8,12,19H,5-6,9-11H2,1H3. The molecule has 1 aromatic carbocycles. The van der Waals surface area contributed by atoms with E-state index in [0.717, 1.165) is 18.7 Å². The van der Waals surface area contributed by atoms with Gasteiger partial charge in [-0.05, 0) is 25.3 Å². The molecule has 1 N–H and O–H groups in total. The summed E-state index contributed by atoms with van der Waals surface area (Å²) >= 11 is 0. The van der Waals surface area contributed by atoms with Gasteiger partial charge in [-0.2, -0.15) is 4.98 Å². The molecule has 0 saturated heterocycles. The Morgan fingerprint density at radius 1 is 1.25 bits per heavy atom. The predicted molar refractivity (Wildman–Crippen MR) is 75.4 cm³/mol. The first-order chi connectivity index (χ1) is 9.71. The van der Waals surface area contributed by atoms with E-state index >= 15 is 0 Å². The van der Waals surface area contributed by atoms with Gasteiger partial charge in [0.15, 0.2) is 5.82 Å². The third kappa shape index (κ3) is 2.36. The Morgan fingerprint density at radius 2 is 1.95 bits per heavy atom. The first-order valence-corrected chi connectivity index (χ1v) is 7.27. The molecule has 1 aliphatic carbocycles. The SMILES string of the molecule is CC(O)Cc1nc(C2(c3ccccc3)CCCC2)no1. The fourth-order valence-corrected chi connectivity index (χ4v) is 3.16. The summed E-state index contributed by atoms with van der Waals surface area (Å²) in [5.41, 5.74) is 1.16. The molecule has 3 rings (SSSR count). The van der Waals surface area contributed by atoms with Crippen molar-refractivity contribution in [1.82, 2.24) is 10.1 Å². The maximum Gasteiger partial charge on any atom is 0.229 e. The van der Waals surface area contributed by atoms with E-state index in [0.29, 0.717) is 12.3 Å². The van der Waals surface area contributed by atoms with Gasteiger partial charge < -0.3 is 9.63 Å². The topological polar surface area (TPSA) is 59.2 Å². The highest BCUT2D eigenvalue weighted by molar-refractivity contribution is 5.33. The maximum atomic E-state index is 9.43. The Labute approximate surface area is 118 Å². The van der Waals surface area contributed by atoms with Gasteiger partial charge >= 0.3 is 0 Å². The molecule has 1 saturated carbocycles. The van der Waals surface area contributed by atoms with Gasteiger partial charge in [0.25, 0.3) is 0 Å². The summed E-state index contributed by atoms with van der Waals surface area (Å²) in [6, 6.07) is 10.5. The quantitative estimate of drug-likeness (QED) is 0.929. The Morgan fingerprint density at radius 3 is 2.60 bits per heavy atom. The van der Waals surface area contributed by atoms with Crippen molar-refractivity contribution in [2.24, 2.45) is 0 Å². The van der Waals surface area contributed by atoms with Gasteiger partial charge in [-0.25, -0.2) is 0 Å². The van der Waals surface area contributed by atoms with Crippen LogP contribution in [0.25, 0.3) is 0 Å². The highest BCUT2D eigenvalue weighted by atomic mass is 16.5. The fraction of sp³-hybridized carbons (Fsp3) is 0.500. The molecule has 0 amide bonds. The Hall–Kier alpha value is -1.68. The molecule has 0 radical (unpaired) electrons. The van der Waals surface area contributed by atoms with Crippen LogP contribution in [0.5, 0.6) is 0 Å². The lowest BCUT2D eigenvalue weighted by atomic mass is 9.78. The van der Waals surface area contributed by atoms with Crippen molar-refractivity contribution >= 4 is 0 Å². The van der Waals surface area contributed by atoms with Gasteiger partial charge in [-0.3, -0.25) is 0 Å². The van der Waals surface area contributed by atoms with Crippen LogP contribution in [0.3, 0.4) is 0 Å². The summed E-state index contributed by atoms with van der Waals surface area (Å²) in [6.07, 6.45) is 4.46. The number of rotatable bonds is 4. The van der Waals surface area contributed by atoms with Crippen molar-refractivity contribution in [3.63, 3.8) is 0 Å². The van der Waals surface area contributed by atoms with Gasteiger partial charge in [0.2, 0.25) is 5.89 Å². The smallest absolute Gasteiger partial charge is 0.229 e. The monoisotopic (exact) mass is 272 g/mol. The van der Waals surface area contributed by atoms with Crippen molar-refractivity contribution in [2.75, 3.05) is 0 Å². The maximum absolute atomic E-state index is 9.43. The number of aromatic nitrogens is 2. The zero-order chi connectivity index (χ0) is 14.0.